The number of hydrogen-bond donors (Lipinski definition) is 3. The Balaban J connectivity index is 2.80. The molecule has 0 aromatic carbocycles. The summed E-state index contributed by atoms with van der Waals surface area (Å²) in [5, 5.41) is 0. The van der Waals surface area contributed by atoms with Crippen LogP contribution in [-0.4, -0.2) is 19.9 Å². The molecule has 0 saturated heterocycles. The summed E-state index contributed by atoms with van der Waals surface area (Å²) in [6, 6.07) is 0. The van der Waals surface area contributed by atoms with Crippen molar-refractivity contribution in [3.8, 4) is 0 Å². The average Bonchev–Trinajstić information content (AvgIpc) is 2.50. The zero-order chi connectivity index (χ0) is 8.55. The van der Waals surface area contributed by atoms with Gasteiger partial charge >= 0.3 is 0 Å². The predicted octanol–water partition coefficient (Wildman–Crippen LogP) is -0.483. The first-order valence-corrected chi connectivity index (χ1v) is 2.95. The lowest BCUT2D eigenvalue weighted by Crippen LogP contribution is -1.99. The molecule has 0 bridgehead atoms. The van der Waals surface area contributed by atoms with Crippen LogP contribution in [0.4, 0.5) is 11.8 Å². The van der Waals surface area contributed by atoms with Crippen molar-refractivity contribution in [2.45, 2.75) is 0 Å². The second-order valence-corrected chi connectivity index (χ2v) is 2.03. The number of nitrogens with one attached hydrogen (secondary N) is 1. The van der Waals surface area contributed by atoms with Gasteiger partial charge in [-0.25, -0.2) is 4.98 Å². The molecule has 56 valence electrons. The summed E-state index contributed by atoms with van der Waals surface area (Å²) in [7, 11) is 0. The topological polar surface area (TPSA) is 106 Å². The monoisotopic (exact) mass is 152 g/mol. The fourth-order valence-corrected chi connectivity index (χ4v) is 0.850. The van der Waals surface area contributed by atoms with Crippen molar-refractivity contribution in [1.82, 2.24) is 19.9 Å². The molecular weight excluding hydrogens is 144 g/mol. The first kappa shape index (κ1) is 4.89. The molecule has 0 unspecified atom stereocenters. The van der Waals surface area contributed by atoms with Gasteiger partial charge in [-0.2, -0.15) is 9.97 Å². The summed E-state index contributed by atoms with van der Waals surface area (Å²) in [4.78, 5) is 14.3. The third-order valence-electron chi connectivity index (χ3n) is 1.30. The van der Waals surface area contributed by atoms with E-state index in [1.165, 1.54) is 6.33 Å². The average molecular weight is 152 g/mol. The molecule has 5 N–H and O–H groups in total. The van der Waals surface area contributed by atoms with Crippen molar-refractivity contribution in [2.24, 2.45) is 0 Å². The lowest BCUT2D eigenvalue weighted by molar-refractivity contribution is 1.22. The Bertz CT molecular complexity index is 409. The third-order valence-corrected chi connectivity index (χ3v) is 1.30. The lowest BCUT2D eigenvalue weighted by Gasteiger charge is -1.94. The molecule has 0 atom stereocenters. The maximum Gasteiger partial charge on any atom is 0.224 e. The van der Waals surface area contributed by atoms with Gasteiger partial charge in [-0.05, 0) is 0 Å². The molecular formula is C5H6N6. The van der Waals surface area contributed by atoms with Crippen molar-refractivity contribution in [2.75, 3.05) is 11.5 Å². The number of fused-ring (bicyclic) bond motifs is 1. The van der Waals surface area contributed by atoms with Crippen LogP contribution in [0.25, 0.3) is 11.2 Å². The molecule has 2 rings (SSSR count). The van der Waals surface area contributed by atoms with E-state index in [1.54, 1.807) is 0 Å². The number of nitrogens with two attached hydrogens (primary N) is 2. The van der Waals surface area contributed by atoms with Gasteiger partial charge < -0.3 is 16.4 Å². The zero-order valence-corrected chi connectivity index (χ0v) is 5.50. The summed E-state index contributed by atoms with van der Waals surface area (Å²) in [6.07, 6.45) is 1.47. The van der Waals surface area contributed by atoms with E-state index in [0.29, 0.717) is 17.0 Å². The fourth-order valence-electron chi connectivity index (χ4n) is 0.850. The van der Waals surface area contributed by atoms with Crippen molar-refractivity contribution in [3.05, 3.63) is 6.33 Å². The second-order valence-electron chi connectivity index (χ2n) is 2.03. The van der Waals surface area contributed by atoms with Gasteiger partial charge in [0.15, 0.2) is 12.9 Å². The smallest absolute Gasteiger partial charge is 0.224 e. The maximum atomic E-state index is 6.92. The van der Waals surface area contributed by atoms with Gasteiger partial charge in [0.05, 0.1) is 6.33 Å². The first-order valence-electron chi connectivity index (χ1n) is 3.45. The molecule has 0 aliphatic heterocycles. The standard InChI is InChI=1S/C5H6N6/c6-3-2-4(9-1-8-2)11-5(7)10-3/h1H,(H5,6,7,8,9,10,11)/i/hT. The fraction of sp³-hybridized carbons (Fsp3) is 0. The normalized spacial score (nSPS) is 11.5. The number of hydrogen-bond acceptors (Lipinski definition) is 5. The molecule has 0 aliphatic carbocycles. The summed E-state index contributed by atoms with van der Waals surface area (Å²) in [5.74, 6) is 0.430. The van der Waals surface area contributed by atoms with Crippen LogP contribution in [-0.2, 0) is 0 Å². The van der Waals surface area contributed by atoms with Crippen molar-refractivity contribution < 1.29 is 1.41 Å². The van der Waals surface area contributed by atoms with E-state index < -0.39 is 0 Å². The van der Waals surface area contributed by atoms with Gasteiger partial charge in [0.25, 0.3) is 0 Å². The molecule has 0 radical (unpaired) electrons. The van der Waals surface area contributed by atoms with Gasteiger partial charge in [0, 0.05) is 0 Å². The largest absolute Gasteiger partial charge is 0.382 e. The molecule has 11 heavy (non-hydrogen) atoms. The van der Waals surface area contributed by atoms with E-state index in [4.69, 9.17) is 7.15 Å². The Morgan fingerprint density at radius 1 is 1.55 bits per heavy atom. The SMILES string of the molecule is [3H]Nc1nc(N)nc2nc[nH]c12. The second kappa shape index (κ2) is 1.82. The quantitative estimate of drug-likeness (QED) is 0.511. The van der Waals surface area contributed by atoms with Gasteiger partial charge in [0.2, 0.25) is 5.95 Å². The van der Waals surface area contributed by atoms with Gasteiger partial charge in [-0.1, -0.05) is 0 Å². The maximum absolute atomic E-state index is 6.92. The van der Waals surface area contributed by atoms with E-state index in [1.807, 2.05) is 0 Å². The minimum atomic E-state index is 0.101. The van der Waals surface area contributed by atoms with Gasteiger partial charge in [-0.15, -0.1) is 0 Å². The Hall–Kier alpha value is -1.85. The molecule has 0 fully saturated rings. The predicted molar refractivity (Wildman–Crippen MR) is 40.5 cm³/mol. The van der Waals surface area contributed by atoms with Crippen LogP contribution in [0.2, 0.25) is 1.41 Å². The van der Waals surface area contributed by atoms with Crippen LogP contribution in [0.1, 0.15) is 0 Å². The van der Waals surface area contributed by atoms with Crippen molar-refractivity contribution in [3.63, 3.8) is 0 Å². The summed E-state index contributed by atoms with van der Waals surface area (Å²) in [5.41, 5.74) is 8.54. The van der Waals surface area contributed by atoms with Crippen LogP contribution < -0.4 is 11.5 Å². The van der Waals surface area contributed by atoms with E-state index in [2.05, 4.69) is 25.7 Å². The number of nitrogens with zero attached hydrogens (tertiary/aromatic N) is 3. The Morgan fingerprint density at radius 2 is 2.45 bits per heavy atom. The minimum absolute atomic E-state index is 0.101. The van der Waals surface area contributed by atoms with Gasteiger partial charge in [0.1, 0.15) is 5.52 Å². The van der Waals surface area contributed by atoms with Crippen molar-refractivity contribution in [1.29, 1.82) is 0 Å². The third kappa shape index (κ3) is 0.759. The molecule has 2 aromatic heterocycles. The highest BCUT2D eigenvalue weighted by Gasteiger charge is 2.03. The Morgan fingerprint density at radius 3 is 3.27 bits per heavy atom. The van der Waals surface area contributed by atoms with Crippen LogP contribution in [0.3, 0.4) is 0 Å². The lowest BCUT2D eigenvalue weighted by atomic mass is 10.5. The number of nitrogen functional groups attached to an aromatic ring is 2. The Kier molecular flexibility index (Phi) is 0.807. The summed E-state index contributed by atoms with van der Waals surface area (Å²) >= 11 is 0. The highest BCUT2D eigenvalue weighted by molar-refractivity contribution is 5.81. The number of anilines is 2. The number of aromatic nitrogens is 4. The van der Waals surface area contributed by atoms with E-state index in [0.717, 1.165) is 0 Å². The number of imidazole rings is 1. The molecule has 6 nitrogen and oxygen atoms in total. The minimum Gasteiger partial charge on any atom is -0.382 e. The molecule has 0 aliphatic rings. The molecule has 0 saturated carbocycles. The highest BCUT2D eigenvalue weighted by atomic mass is 15.1. The summed E-state index contributed by atoms with van der Waals surface area (Å²) in [6.45, 7) is 0. The van der Waals surface area contributed by atoms with Crippen LogP contribution >= 0.6 is 0 Å². The molecule has 2 heterocycles. The van der Waals surface area contributed by atoms with Crippen LogP contribution in [0, 0.1) is 0 Å². The zero-order valence-electron chi connectivity index (χ0n) is 6.50. The van der Waals surface area contributed by atoms with E-state index in [9.17, 15) is 0 Å². The Labute approximate surface area is 63.1 Å². The van der Waals surface area contributed by atoms with Crippen molar-refractivity contribution >= 4 is 22.9 Å². The number of rotatable bonds is 1. The number of aromatic amines is 1. The number of H-pyrrole nitrogens is 1. The molecule has 0 spiro atoms. The molecule has 0 amide bonds. The van der Waals surface area contributed by atoms with Crippen LogP contribution in [0.5, 0.6) is 0 Å². The first-order chi connectivity index (χ1) is 5.81. The molecule has 2 aromatic rings. The summed E-state index contributed by atoms with van der Waals surface area (Å²) < 4.78 is 6.92. The van der Waals surface area contributed by atoms with E-state index in [-0.39, 0.29) is 5.95 Å². The van der Waals surface area contributed by atoms with Crippen LogP contribution in [0.15, 0.2) is 6.33 Å². The van der Waals surface area contributed by atoms with E-state index >= 15 is 0 Å². The highest BCUT2D eigenvalue weighted by Crippen LogP contribution is 2.12. The molecule has 6 heteroatoms. The van der Waals surface area contributed by atoms with Gasteiger partial charge in [-0.3, -0.25) is 0 Å².